The number of fused-ring (bicyclic) bond motifs is 1. The number of hydrogen-bond donors (Lipinski definition) is 3. The number of hydrogen-bond acceptors (Lipinski definition) is 5. The van der Waals surface area contributed by atoms with Crippen LogP contribution in [-0.4, -0.2) is 34.5 Å². The van der Waals surface area contributed by atoms with Gasteiger partial charge in [0.1, 0.15) is 5.52 Å². The largest absolute Gasteiger partial charge is 0.436 e. The van der Waals surface area contributed by atoms with E-state index in [9.17, 15) is 5.11 Å². The Balaban J connectivity index is 1.90. The van der Waals surface area contributed by atoms with Crippen LogP contribution in [0.25, 0.3) is 22.6 Å². The number of aliphatic hydroxyl groups excluding tert-OH is 2. The van der Waals surface area contributed by atoms with Crippen molar-refractivity contribution in [1.82, 2.24) is 4.98 Å². The van der Waals surface area contributed by atoms with Crippen LogP contribution < -0.4 is 5.32 Å². The smallest absolute Gasteiger partial charge is 0.227 e. The molecule has 0 aliphatic rings. The molecule has 1 unspecified atom stereocenters. The summed E-state index contributed by atoms with van der Waals surface area (Å²) < 4.78 is 5.77. The Morgan fingerprint density at radius 1 is 1.23 bits per heavy atom. The Kier molecular flexibility index (Phi) is 4.09. The number of aryl methyl sites for hydroxylation is 1. The molecule has 0 fully saturated rings. The zero-order valence-electron chi connectivity index (χ0n) is 12.3. The van der Waals surface area contributed by atoms with Crippen LogP contribution in [0.4, 0.5) is 5.69 Å². The molecule has 1 heterocycles. The Labute approximate surface area is 128 Å². The fourth-order valence-corrected chi connectivity index (χ4v) is 2.23. The number of nitrogens with zero attached hydrogens (tertiary/aromatic N) is 1. The highest BCUT2D eigenvalue weighted by Crippen LogP contribution is 2.27. The van der Waals surface area contributed by atoms with Crippen LogP contribution >= 0.6 is 0 Å². The summed E-state index contributed by atoms with van der Waals surface area (Å²) in [5, 5.41) is 21.5. The van der Waals surface area contributed by atoms with Crippen LogP contribution in [0.2, 0.25) is 0 Å². The Bertz CT molecular complexity index is 749. The maximum atomic E-state index is 9.45. The molecular weight excluding hydrogens is 280 g/mol. The zero-order valence-corrected chi connectivity index (χ0v) is 12.3. The van der Waals surface area contributed by atoms with E-state index in [1.165, 1.54) is 0 Å². The summed E-state index contributed by atoms with van der Waals surface area (Å²) in [6.07, 6.45) is -0.785. The summed E-state index contributed by atoms with van der Waals surface area (Å²) in [6.45, 7) is 1.99. The Morgan fingerprint density at radius 3 is 2.82 bits per heavy atom. The minimum Gasteiger partial charge on any atom is -0.436 e. The minimum absolute atomic E-state index is 0.267. The number of benzene rings is 2. The summed E-state index contributed by atoms with van der Waals surface area (Å²) >= 11 is 0. The average molecular weight is 298 g/mol. The van der Waals surface area contributed by atoms with Gasteiger partial charge in [0.2, 0.25) is 5.89 Å². The molecule has 0 bridgehead atoms. The first kappa shape index (κ1) is 14.6. The van der Waals surface area contributed by atoms with Crippen molar-refractivity contribution in [3.8, 4) is 11.5 Å². The number of nitrogens with one attached hydrogen (secondary N) is 1. The van der Waals surface area contributed by atoms with Crippen LogP contribution in [0.3, 0.4) is 0 Å². The van der Waals surface area contributed by atoms with Crippen molar-refractivity contribution in [2.45, 2.75) is 13.0 Å². The quantitative estimate of drug-likeness (QED) is 0.674. The molecule has 0 aliphatic carbocycles. The molecule has 3 N–H and O–H groups in total. The highest BCUT2D eigenvalue weighted by molar-refractivity contribution is 5.77. The summed E-state index contributed by atoms with van der Waals surface area (Å²) in [5.74, 6) is 0.562. The third-order valence-electron chi connectivity index (χ3n) is 3.52. The predicted molar refractivity (Wildman–Crippen MR) is 85.8 cm³/mol. The van der Waals surface area contributed by atoms with E-state index in [1.807, 2.05) is 49.4 Å². The lowest BCUT2D eigenvalue weighted by molar-refractivity contribution is 0.105. The van der Waals surface area contributed by atoms with Crippen molar-refractivity contribution >= 4 is 16.8 Å². The predicted octanol–water partition coefficient (Wildman–Crippen LogP) is 2.57. The lowest BCUT2D eigenvalue weighted by Gasteiger charge is -2.13. The maximum absolute atomic E-state index is 9.45. The van der Waals surface area contributed by atoms with Crippen molar-refractivity contribution in [2.75, 3.05) is 18.5 Å². The molecule has 0 spiro atoms. The standard InChI is InChI=1S/C17H18N2O3/c1-11-6-7-12(8-15(11)18-9-13(21)10-20)17-19-14-4-2-3-5-16(14)22-17/h2-8,13,18,20-21H,9-10H2,1H3. The highest BCUT2D eigenvalue weighted by atomic mass is 16.3. The van der Waals surface area contributed by atoms with Crippen LogP contribution in [-0.2, 0) is 0 Å². The molecule has 0 aliphatic heterocycles. The van der Waals surface area contributed by atoms with Crippen molar-refractivity contribution in [3.63, 3.8) is 0 Å². The van der Waals surface area contributed by atoms with Crippen LogP contribution in [0.15, 0.2) is 46.9 Å². The molecule has 3 aromatic rings. The lowest BCUT2D eigenvalue weighted by Crippen LogP contribution is -2.23. The van der Waals surface area contributed by atoms with E-state index in [2.05, 4.69) is 10.3 Å². The van der Waals surface area contributed by atoms with Crippen molar-refractivity contribution in [2.24, 2.45) is 0 Å². The molecule has 114 valence electrons. The second-order valence-corrected chi connectivity index (χ2v) is 5.23. The summed E-state index contributed by atoms with van der Waals surface area (Å²) in [7, 11) is 0. The second-order valence-electron chi connectivity index (χ2n) is 5.23. The van der Waals surface area contributed by atoms with Gasteiger partial charge in [-0.05, 0) is 36.8 Å². The monoisotopic (exact) mass is 298 g/mol. The fourth-order valence-electron chi connectivity index (χ4n) is 2.23. The highest BCUT2D eigenvalue weighted by Gasteiger charge is 2.10. The number of aromatic nitrogens is 1. The van der Waals surface area contributed by atoms with E-state index in [0.29, 0.717) is 5.89 Å². The topological polar surface area (TPSA) is 78.5 Å². The van der Waals surface area contributed by atoms with Gasteiger partial charge in [0.05, 0.1) is 12.7 Å². The number of rotatable bonds is 5. The molecule has 1 atom stereocenters. The van der Waals surface area contributed by atoms with Crippen LogP contribution in [0.1, 0.15) is 5.56 Å². The first-order valence-corrected chi connectivity index (χ1v) is 7.17. The van der Waals surface area contributed by atoms with Crippen molar-refractivity contribution < 1.29 is 14.6 Å². The van der Waals surface area contributed by atoms with Gasteiger partial charge < -0.3 is 19.9 Å². The molecule has 5 heteroatoms. The first-order valence-electron chi connectivity index (χ1n) is 7.17. The number of para-hydroxylation sites is 2. The van der Waals surface area contributed by atoms with Crippen molar-refractivity contribution in [3.05, 3.63) is 48.0 Å². The van der Waals surface area contributed by atoms with Crippen LogP contribution in [0.5, 0.6) is 0 Å². The fraction of sp³-hybridized carbons (Fsp3) is 0.235. The van der Waals surface area contributed by atoms with E-state index >= 15 is 0 Å². The Morgan fingerprint density at radius 2 is 2.05 bits per heavy atom. The summed E-state index contributed by atoms with van der Waals surface area (Å²) in [6, 6.07) is 13.5. The number of aliphatic hydroxyl groups is 2. The number of oxazole rings is 1. The van der Waals surface area contributed by atoms with Gasteiger partial charge in [-0.25, -0.2) is 4.98 Å². The molecular formula is C17H18N2O3. The zero-order chi connectivity index (χ0) is 15.5. The normalized spacial score (nSPS) is 12.5. The van der Waals surface area contributed by atoms with Gasteiger partial charge in [-0.15, -0.1) is 0 Å². The lowest BCUT2D eigenvalue weighted by atomic mass is 10.1. The van der Waals surface area contributed by atoms with Gasteiger partial charge in [0, 0.05) is 17.8 Å². The molecule has 2 aromatic carbocycles. The third kappa shape index (κ3) is 2.95. The van der Waals surface area contributed by atoms with Gasteiger partial charge in [-0.1, -0.05) is 18.2 Å². The van der Waals surface area contributed by atoms with E-state index < -0.39 is 6.10 Å². The molecule has 1 aromatic heterocycles. The molecule has 0 radical (unpaired) electrons. The third-order valence-corrected chi connectivity index (χ3v) is 3.52. The van der Waals surface area contributed by atoms with E-state index in [-0.39, 0.29) is 13.2 Å². The molecule has 0 saturated heterocycles. The van der Waals surface area contributed by atoms with Gasteiger partial charge in [0.25, 0.3) is 0 Å². The maximum Gasteiger partial charge on any atom is 0.227 e. The first-order chi connectivity index (χ1) is 10.7. The van der Waals surface area contributed by atoms with Gasteiger partial charge in [-0.2, -0.15) is 0 Å². The summed E-state index contributed by atoms with van der Waals surface area (Å²) in [4.78, 5) is 4.48. The van der Waals surface area contributed by atoms with Gasteiger partial charge in [-0.3, -0.25) is 0 Å². The molecule has 3 rings (SSSR count). The summed E-state index contributed by atoms with van der Waals surface area (Å²) in [5.41, 5.74) is 4.37. The van der Waals surface area contributed by atoms with Crippen LogP contribution in [0, 0.1) is 6.92 Å². The molecule has 22 heavy (non-hydrogen) atoms. The molecule has 5 nitrogen and oxygen atoms in total. The van der Waals surface area contributed by atoms with Gasteiger partial charge in [0.15, 0.2) is 5.58 Å². The molecule has 0 saturated carbocycles. The van der Waals surface area contributed by atoms with Crippen molar-refractivity contribution in [1.29, 1.82) is 0 Å². The van der Waals surface area contributed by atoms with Gasteiger partial charge >= 0.3 is 0 Å². The SMILES string of the molecule is Cc1ccc(-c2nc3ccccc3o2)cc1NCC(O)CO. The van der Waals surface area contributed by atoms with E-state index in [0.717, 1.165) is 27.9 Å². The Hall–Kier alpha value is -2.37. The average Bonchev–Trinajstić information content (AvgIpc) is 2.97. The van der Waals surface area contributed by atoms with E-state index in [4.69, 9.17) is 9.52 Å². The minimum atomic E-state index is -0.785. The number of anilines is 1. The second kappa shape index (κ2) is 6.17. The molecule has 0 amide bonds. The van der Waals surface area contributed by atoms with E-state index in [1.54, 1.807) is 0 Å².